The van der Waals surface area contributed by atoms with Gasteiger partial charge in [0.05, 0.1) is 17.4 Å². The Morgan fingerprint density at radius 3 is 3.14 bits per heavy atom. The quantitative estimate of drug-likeness (QED) is 0.834. The van der Waals surface area contributed by atoms with E-state index in [1.165, 1.54) is 5.69 Å². The van der Waals surface area contributed by atoms with Gasteiger partial charge in [-0.1, -0.05) is 0 Å². The molecule has 2 aliphatic rings. The lowest BCUT2D eigenvalue weighted by Crippen LogP contribution is -2.44. The van der Waals surface area contributed by atoms with Crippen LogP contribution < -0.4 is 0 Å². The summed E-state index contributed by atoms with van der Waals surface area (Å²) >= 11 is 0. The summed E-state index contributed by atoms with van der Waals surface area (Å²) in [5.41, 5.74) is 4.22. The molecule has 2 aromatic rings. The number of carbonyl (C=O) groups excluding carboxylic acids is 1. The van der Waals surface area contributed by atoms with E-state index in [4.69, 9.17) is 4.74 Å². The van der Waals surface area contributed by atoms with Crippen LogP contribution in [0.3, 0.4) is 0 Å². The highest BCUT2D eigenvalue weighted by Gasteiger charge is 2.43. The predicted molar refractivity (Wildman–Crippen MR) is 75.9 cm³/mol. The van der Waals surface area contributed by atoms with Crippen LogP contribution in [0.4, 0.5) is 0 Å². The van der Waals surface area contributed by atoms with Gasteiger partial charge in [0.25, 0.3) is 0 Å². The van der Waals surface area contributed by atoms with E-state index in [2.05, 4.69) is 10.1 Å². The number of rotatable bonds is 2. The maximum absolute atomic E-state index is 12.3. The zero-order valence-electron chi connectivity index (χ0n) is 12.2. The van der Waals surface area contributed by atoms with Crippen molar-refractivity contribution in [1.82, 2.24) is 19.5 Å². The Hall–Kier alpha value is -1.95. The minimum Gasteiger partial charge on any atom is -0.375 e. The van der Waals surface area contributed by atoms with Gasteiger partial charge in [-0.25, -0.2) is 9.50 Å². The number of fused-ring (bicyclic) bond motifs is 6. The topological polar surface area (TPSA) is 59.7 Å². The van der Waals surface area contributed by atoms with E-state index in [9.17, 15) is 4.79 Å². The number of hydrogen-bond acceptors (Lipinski definition) is 4. The molecule has 4 rings (SSSR count). The van der Waals surface area contributed by atoms with Crippen LogP contribution in [-0.4, -0.2) is 45.2 Å². The van der Waals surface area contributed by atoms with E-state index in [0.717, 1.165) is 36.2 Å². The molecule has 0 aromatic carbocycles. The molecule has 6 nitrogen and oxygen atoms in total. The fourth-order valence-corrected chi connectivity index (χ4v) is 3.78. The van der Waals surface area contributed by atoms with Crippen molar-refractivity contribution in [3.8, 4) is 0 Å². The summed E-state index contributed by atoms with van der Waals surface area (Å²) in [5.74, 6) is 0.0763. The Balaban J connectivity index is 1.81. The number of amides is 1. The molecule has 0 radical (unpaired) electrons. The minimum atomic E-state index is 0.0763. The largest absolute Gasteiger partial charge is 0.375 e. The van der Waals surface area contributed by atoms with Crippen molar-refractivity contribution in [3.05, 3.63) is 29.2 Å². The van der Waals surface area contributed by atoms with Crippen molar-refractivity contribution < 1.29 is 9.53 Å². The van der Waals surface area contributed by atoms with Crippen LogP contribution in [0.1, 0.15) is 35.8 Å². The molecular weight excluding hydrogens is 268 g/mol. The summed E-state index contributed by atoms with van der Waals surface area (Å²) in [6, 6.07) is 2.38. The highest BCUT2D eigenvalue weighted by Crippen LogP contribution is 2.43. The molecular formula is C15H18N4O2. The second-order valence-electron chi connectivity index (χ2n) is 5.90. The molecule has 0 unspecified atom stereocenters. The number of carbonyl (C=O) groups is 1. The Morgan fingerprint density at radius 1 is 1.48 bits per heavy atom. The molecule has 2 aromatic heterocycles. The molecule has 0 aliphatic carbocycles. The second kappa shape index (κ2) is 4.53. The van der Waals surface area contributed by atoms with E-state index >= 15 is 0 Å². The lowest BCUT2D eigenvalue weighted by molar-refractivity contribution is -0.138. The monoisotopic (exact) mass is 286 g/mol. The van der Waals surface area contributed by atoms with Gasteiger partial charge in [0.15, 0.2) is 5.65 Å². The molecule has 2 aliphatic heterocycles. The fourth-order valence-electron chi connectivity index (χ4n) is 3.78. The Morgan fingerprint density at radius 2 is 2.33 bits per heavy atom. The van der Waals surface area contributed by atoms with Crippen molar-refractivity contribution in [1.29, 1.82) is 0 Å². The Bertz CT molecular complexity index is 724. The van der Waals surface area contributed by atoms with Crippen LogP contribution in [0.25, 0.3) is 5.65 Å². The predicted octanol–water partition coefficient (Wildman–Crippen LogP) is 1.27. The van der Waals surface area contributed by atoms with Crippen LogP contribution in [0, 0.1) is 6.92 Å². The van der Waals surface area contributed by atoms with Gasteiger partial charge >= 0.3 is 0 Å². The third kappa shape index (κ3) is 1.78. The van der Waals surface area contributed by atoms with Crippen LogP contribution >= 0.6 is 0 Å². The molecule has 6 heteroatoms. The molecule has 1 fully saturated rings. The molecule has 2 atom stereocenters. The van der Waals surface area contributed by atoms with Crippen LogP contribution in [0.5, 0.6) is 0 Å². The first kappa shape index (κ1) is 12.8. The SMILES string of the molecule is COCC(=O)N1[C@@H]2CC[C@@H]1c1cnc3cc(C)nn3c1C2. The van der Waals surface area contributed by atoms with Gasteiger partial charge in [0.2, 0.25) is 5.91 Å². The lowest BCUT2D eigenvalue weighted by atomic mass is 9.99. The van der Waals surface area contributed by atoms with Gasteiger partial charge in [-0.2, -0.15) is 5.10 Å². The highest BCUT2D eigenvalue weighted by atomic mass is 16.5. The molecule has 1 amide bonds. The number of methoxy groups -OCH3 is 1. The Kier molecular flexibility index (Phi) is 2.75. The van der Waals surface area contributed by atoms with E-state index in [-0.39, 0.29) is 24.6 Å². The third-order valence-electron chi connectivity index (χ3n) is 4.58. The molecule has 110 valence electrons. The first-order valence-electron chi connectivity index (χ1n) is 7.33. The van der Waals surface area contributed by atoms with Crippen molar-refractivity contribution >= 4 is 11.6 Å². The van der Waals surface area contributed by atoms with Gasteiger partial charge in [-0.3, -0.25) is 4.79 Å². The van der Waals surface area contributed by atoms with Crippen molar-refractivity contribution in [2.24, 2.45) is 0 Å². The summed E-state index contributed by atoms with van der Waals surface area (Å²) in [6.07, 6.45) is 4.81. The third-order valence-corrected chi connectivity index (χ3v) is 4.58. The second-order valence-corrected chi connectivity index (χ2v) is 5.90. The molecule has 21 heavy (non-hydrogen) atoms. The highest BCUT2D eigenvalue weighted by molar-refractivity contribution is 5.79. The maximum Gasteiger partial charge on any atom is 0.249 e. The number of nitrogens with zero attached hydrogens (tertiary/aromatic N) is 4. The molecule has 2 bridgehead atoms. The van der Waals surface area contributed by atoms with E-state index in [0.29, 0.717) is 0 Å². The fraction of sp³-hybridized carbons (Fsp3) is 0.533. The molecule has 0 spiro atoms. The summed E-state index contributed by atoms with van der Waals surface area (Å²) in [4.78, 5) is 18.8. The first-order valence-corrected chi connectivity index (χ1v) is 7.33. The number of aryl methyl sites for hydroxylation is 1. The zero-order chi connectivity index (χ0) is 14.6. The number of hydrogen-bond donors (Lipinski definition) is 0. The summed E-state index contributed by atoms with van der Waals surface area (Å²) in [7, 11) is 1.56. The van der Waals surface area contributed by atoms with Crippen molar-refractivity contribution in [3.63, 3.8) is 0 Å². The first-order chi connectivity index (χ1) is 10.2. The maximum atomic E-state index is 12.3. The smallest absolute Gasteiger partial charge is 0.249 e. The average Bonchev–Trinajstić information content (AvgIpc) is 2.98. The average molecular weight is 286 g/mol. The standard InChI is InChI=1S/C15H18N4O2/c1-9-5-14-16-7-11-12-4-3-10(6-13(11)19(14)17-9)18(12)15(20)8-21-2/h5,7,10,12H,3-4,6,8H2,1-2H3/t10-,12-/m1/s1. The normalized spacial score (nSPS) is 23.6. The van der Waals surface area contributed by atoms with Crippen LogP contribution in [-0.2, 0) is 16.0 Å². The van der Waals surface area contributed by atoms with Gasteiger partial charge in [0.1, 0.15) is 6.61 Å². The number of aromatic nitrogens is 3. The zero-order valence-corrected chi connectivity index (χ0v) is 12.2. The summed E-state index contributed by atoms with van der Waals surface area (Å²) < 4.78 is 6.97. The van der Waals surface area contributed by atoms with Gasteiger partial charge in [-0.15, -0.1) is 0 Å². The molecule has 0 saturated carbocycles. The minimum absolute atomic E-state index is 0.0763. The van der Waals surface area contributed by atoms with Gasteiger partial charge in [-0.05, 0) is 19.8 Å². The lowest BCUT2D eigenvalue weighted by Gasteiger charge is -2.36. The summed E-state index contributed by atoms with van der Waals surface area (Å²) in [5, 5.41) is 4.56. The van der Waals surface area contributed by atoms with Crippen LogP contribution in [0.2, 0.25) is 0 Å². The van der Waals surface area contributed by atoms with E-state index < -0.39 is 0 Å². The number of ether oxygens (including phenoxy) is 1. The van der Waals surface area contributed by atoms with E-state index in [1.54, 1.807) is 7.11 Å². The molecule has 4 heterocycles. The Labute approximate surface area is 122 Å². The van der Waals surface area contributed by atoms with Gasteiger partial charge < -0.3 is 9.64 Å². The molecule has 0 N–H and O–H groups in total. The van der Waals surface area contributed by atoms with Crippen LogP contribution in [0.15, 0.2) is 12.3 Å². The van der Waals surface area contributed by atoms with E-state index in [1.807, 2.05) is 28.6 Å². The van der Waals surface area contributed by atoms with Crippen molar-refractivity contribution in [2.45, 2.75) is 38.3 Å². The van der Waals surface area contributed by atoms with Crippen molar-refractivity contribution in [2.75, 3.05) is 13.7 Å². The molecule has 1 saturated heterocycles. The van der Waals surface area contributed by atoms with Gasteiger partial charge in [0, 0.05) is 37.4 Å². The summed E-state index contributed by atoms with van der Waals surface area (Å²) in [6.45, 7) is 2.13.